The Hall–Kier alpha value is -4.44. The number of aryl methyl sites for hydroxylation is 1. The number of ether oxygens (including phenoxy) is 3. The molecule has 0 saturated carbocycles. The quantitative estimate of drug-likeness (QED) is 0.154. The SMILES string of the molecule is COc1cc(/C=C(\C#N)C(=O)Nc2ccc(OCc3ccc(Cl)cc3Cl)cc2)ccc1OCc1cccc(C)c1. The Labute approximate surface area is 243 Å². The first-order valence-electron chi connectivity index (χ1n) is 12.3. The zero-order valence-electron chi connectivity index (χ0n) is 21.9. The van der Waals surface area contributed by atoms with E-state index in [1.807, 2.05) is 31.2 Å². The highest BCUT2D eigenvalue weighted by Gasteiger charge is 2.12. The van der Waals surface area contributed by atoms with Crippen LogP contribution in [0.15, 0.2) is 90.5 Å². The van der Waals surface area contributed by atoms with E-state index in [1.54, 1.807) is 60.7 Å². The number of carbonyl (C=O) groups is 1. The van der Waals surface area contributed by atoms with Crippen LogP contribution in [0.4, 0.5) is 5.69 Å². The number of nitriles is 1. The summed E-state index contributed by atoms with van der Waals surface area (Å²) in [6.45, 7) is 2.68. The minimum Gasteiger partial charge on any atom is -0.493 e. The predicted octanol–water partition coefficient (Wildman–Crippen LogP) is 8.01. The fourth-order valence-electron chi connectivity index (χ4n) is 3.80. The van der Waals surface area contributed by atoms with E-state index in [-0.39, 0.29) is 12.2 Å². The molecule has 0 aromatic heterocycles. The van der Waals surface area contributed by atoms with Gasteiger partial charge in [0.2, 0.25) is 0 Å². The van der Waals surface area contributed by atoms with Crippen LogP contribution in [-0.4, -0.2) is 13.0 Å². The van der Waals surface area contributed by atoms with Gasteiger partial charge >= 0.3 is 0 Å². The highest BCUT2D eigenvalue weighted by Crippen LogP contribution is 2.30. The van der Waals surface area contributed by atoms with Crippen molar-refractivity contribution in [1.82, 2.24) is 0 Å². The Morgan fingerprint density at radius 2 is 1.73 bits per heavy atom. The summed E-state index contributed by atoms with van der Waals surface area (Å²) < 4.78 is 17.2. The van der Waals surface area contributed by atoms with E-state index in [9.17, 15) is 10.1 Å². The monoisotopic (exact) mass is 572 g/mol. The molecule has 40 heavy (non-hydrogen) atoms. The van der Waals surface area contributed by atoms with Crippen molar-refractivity contribution in [3.05, 3.63) is 123 Å². The summed E-state index contributed by atoms with van der Waals surface area (Å²) in [6, 6.07) is 27.3. The number of nitrogens with one attached hydrogen (secondary N) is 1. The van der Waals surface area contributed by atoms with Crippen molar-refractivity contribution < 1.29 is 19.0 Å². The lowest BCUT2D eigenvalue weighted by molar-refractivity contribution is -0.112. The molecule has 0 heterocycles. The molecule has 0 atom stereocenters. The molecule has 8 heteroatoms. The zero-order valence-corrected chi connectivity index (χ0v) is 23.4. The average molecular weight is 573 g/mol. The first-order valence-corrected chi connectivity index (χ1v) is 13.1. The van der Waals surface area contributed by atoms with Crippen LogP contribution in [-0.2, 0) is 18.0 Å². The number of nitrogens with zero attached hydrogens (tertiary/aromatic N) is 1. The van der Waals surface area contributed by atoms with Gasteiger partial charge < -0.3 is 19.5 Å². The highest BCUT2D eigenvalue weighted by atomic mass is 35.5. The number of anilines is 1. The van der Waals surface area contributed by atoms with Crippen LogP contribution in [0, 0.1) is 18.3 Å². The number of amides is 1. The molecule has 0 aliphatic carbocycles. The summed E-state index contributed by atoms with van der Waals surface area (Å²) >= 11 is 12.1. The van der Waals surface area contributed by atoms with E-state index >= 15 is 0 Å². The van der Waals surface area contributed by atoms with Crippen LogP contribution in [0.3, 0.4) is 0 Å². The standard InChI is InChI=1S/C32H26Cl2N2O4/c1-21-4-3-5-23(14-21)19-40-30-13-6-22(16-31(30)38-2)15-25(18-35)32(37)36-27-9-11-28(12-10-27)39-20-24-7-8-26(33)17-29(24)34/h3-17H,19-20H2,1-2H3,(H,36,37)/b25-15+. The average Bonchev–Trinajstić information content (AvgIpc) is 2.95. The van der Waals surface area contributed by atoms with Gasteiger partial charge in [-0.15, -0.1) is 0 Å². The van der Waals surface area contributed by atoms with Gasteiger partial charge in [0.1, 0.15) is 30.6 Å². The number of rotatable bonds is 10. The predicted molar refractivity (Wildman–Crippen MR) is 158 cm³/mol. The summed E-state index contributed by atoms with van der Waals surface area (Å²) in [5, 5.41) is 13.4. The van der Waals surface area contributed by atoms with Crippen LogP contribution in [0.5, 0.6) is 17.2 Å². The molecule has 202 valence electrons. The Balaban J connectivity index is 1.38. The summed E-state index contributed by atoms with van der Waals surface area (Å²) in [7, 11) is 1.54. The van der Waals surface area contributed by atoms with Crippen molar-refractivity contribution in [2.75, 3.05) is 12.4 Å². The zero-order chi connectivity index (χ0) is 28.5. The number of carbonyl (C=O) groups excluding carboxylic acids is 1. The second kappa shape index (κ2) is 13.6. The van der Waals surface area contributed by atoms with Gasteiger partial charge in [-0.05, 0) is 72.7 Å². The fraction of sp³-hybridized carbons (Fsp3) is 0.125. The van der Waals surface area contributed by atoms with Crippen molar-refractivity contribution in [2.45, 2.75) is 20.1 Å². The molecule has 0 aliphatic heterocycles. The fourth-order valence-corrected chi connectivity index (χ4v) is 4.27. The van der Waals surface area contributed by atoms with Crippen LogP contribution >= 0.6 is 23.2 Å². The first-order chi connectivity index (χ1) is 19.3. The van der Waals surface area contributed by atoms with Gasteiger partial charge in [0.25, 0.3) is 5.91 Å². The molecule has 0 aliphatic rings. The third-order valence-electron chi connectivity index (χ3n) is 5.86. The molecule has 0 saturated heterocycles. The number of methoxy groups -OCH3 is 1. The maximum absolute atomic E-state index is 12.8. The van der Waals surface area contributed by atoms with Gasteiger partial charge in [0.05, 0.1) is 7.11 Å². The van der Waals surface area contributed by atoms with Crippen molar-refractivity contribution in [2.24, 2.45) is 0 Å². The van der Waals surface area contributed by atoms with Crippen molar-refractivity contribution in [3.8, 4) is 23.3 Å². The lowest BCUT2D eigenvalue weighted by atomic mass is 10.1. The summed E-state index contributed by atoms with van der Waals surface area (Å²) in [5.74, 6) is 1.11. The summed E-state index contributed by atoms with van der Waals surface area (Å²) in [5.41, 5.74) is 4.07. The number of halogens is 2. The largest absolute Gasteiger partial charge is 0.493 e. The lowest BCUT2D eigenvalue weighted by Gasteiger charge is -2.12. The number of hydrogen-bond donors (Lipinski definition) is 1. The Morgan fingerprint density at radius 1 is 0.925 bits per heavy atom. The lowest BCUT2D eigenvalue weighted by Crippen LogP contribution is -2.13. The van der Waals surface area contributed by atoms with Gasteiger partial charge in [-0.3, -0.25) is 4.79 Å². The molecule has 4 aromatic rings. The second-order valence-corrected chi connectivity index (χ2v) is 9.70. The minimum absolute atomic E-state index is 0.0619. The molecule has 6 nitrogen and oxygen atoms in total. The molecule has 0 unspecified atom stereocenters. The molecule has 1 N–H and O–H groups in total. The summed E-state index contributed by atoms with van der Waals surface area (Å²) in [4.78, 5) is 12.8. The van der Waals surface area contributed by atoms with Gasteiger partial charge in [0, 0.05) is 21.3 Å². The molecule has 4 rings (SSSR count). The Bertz CT molecular complexity index is 1580. The second-order valence-electron chi connectivity index (χ2n) is 8.86. The van der Waals surface area contributed by atoms with Crippen LogP contribution in [0.2, 0.25) is 10.0 Å². The van der Waals surface area contributed by atoms with Crippen molar-refractivity contribution >= 4 is 40.9 Å². The molecule has 0 radical (unpaired) electrons. The van der Waals surface area contributed by atoms with Gasteiger partial charge in [0.15, 0.2) is 11.5 Å². The topological polar surface area (TPSA) is 80.6 Å². The van der Waals surface area contributed by atoms with Crippen molar-refractivity contribution in [3.63, 3.8) is 0 Å². The van der Waals surface area contributed by atoms with Gasteiger partial charge in [-0.2, -0.15) is 5.26 Å². The molecular formula is C32H26Cl2N2O4. The van der Waals surface area contributed by atoms with Gasteiger partial charge in [-0.25, -0.2) is 0 Å². The summed E-state index contributed by atoms with van der Waals surface area (Å²) in [6.07, 6.45) is 1.50. The highest BCUT2D eigenvalue weighted by molar-refractivity contribution is 6.35. The van der Waals surface area contributed by atoms with E-state index < -0.39 is 5.91 Å². The molecule has 0 spiro atoms. The number of benzene rings is 4. The molecule has 0 bridgehead atoms. The van der Waals surface area contributed by atoms with E-state index in [0.29, 0.717) is 45.2 Å². The van der Waals surface area contributed by atoms with E-state index in [0.717, 1.165) is 16.7 Å². The third-order valence-corrected chi connectivity index (χ3v) is 6.45. The first kappa shape index (κ1) is 28.6. The molecular weight excluding hydrogens is 547 g/mol. The van der Waals surface area contributed by atoms with Crippen LogP contribution < -0.4 is 19.5 Å². The van der Waals surface area contributed by atoms with E-state index in [2.05, 4.69) is 11.4 Å². The Morgan fingerprint density at radius 3 is 2.42 bits per heavy atom. The third kappa shape index (κ3) is 7.79. The maximum Gasteiger partial charge on any atom is 0.266 e. The molecule has 1 amide bonds. The number of hydrogen-bond acceptors (Lipinski definition) is 5. The van der Waals surface area contributed by atoms with Crippen LogP contribution in [0.25, 0.3) is 6.08 Å². The van der Waals surface area contributed by atoms with E-state index in [4.69, 9.17) is 37.4 Å². The smallest absolute Gasteiger partial charge is 0.266 e. The molecule has 4 aromatic carbocycles. The minimum atomic E-state index is -0.539. The molecule has 0 fully saturated rings. The van der Waals surface area contributed by atoms with E-state index in [1.165, 1.54) is 13.2 Å². The van der Waals surface area contributed by atoms with Crippen molar-refractivity contribution in [1.29, 1.82) is 5.26 Å². The van der Waals surface area contributed by atoms with Crippen LogP contribution in [0.1, 0.15) is 22.3 Å². The maximum atomic E-state index is 12.8. The normalized spacial score (nSPS) is 10.9. The Kier molecular flexibility index (Phi) is 9.69. The van der Waals surface area contributed by atoms with Gasteiger partial charge in [-0.1, -0.05) is 65.2 Å².